The highest BCUT2D eigenvalue weighted by Gasteiger charge is 2.58. The van der Waals surface area contributed by atoms with E-state index in [-0.39, 0.29) is 36.2 Å². The number of fused-ring (bicyclic) bond motifs is 1. The molecule has 3 amide bonds. The number of amides is 3. The first kappa shape index (κ1) is 25.2. The van der Waals surface area contributed by atoms with Crippen LogP contribution in [0.2, 0.25) is 5.02 Å². The van der Waals surface area contributed by atoms with Crippen LogP contribution >= 0.6 is 11.6 Å². The zero-order valence-corrected chi connectivity index (χ0v) is 20.4. The number of aliphatic hydroxyl groups is 1. The zero-order chi connectivity index (χ0) is 24.3. The highest BCUT2D eigenvalue weighted by atomic mass is 35.5. The summed E-state index contributed by atoms with van der Waals surface area (Å²) in [7, 11) is 1.57. The fourth-order valence-electron chi connectivity index (χ4n) is 5.32. The van der Waals surface area contributed by atoms with Crippen molar-refractivity contribution < 1.29 is 19.5 Å². The number of rotatable bonds is 8. The molecular weight excluding hydrogens is 442 g/mol. The Kier molecular flexibility index (Phi) is 8.19. The van der Waals surface area contributed by atoms with E-state index in [2.05, 4.69) is 10.6 Å². The van der Waals surface area contributed by atoms with E-state index in [4.69, 9.17) is 11.6 Å². The van der Waals surface area contributed by atoms with Gasteiger partial charge in [0.15, 0.2) is 0 Å². The van der Waals surface area contributed by atoms with Crippen molar-refractivity contribution in [2.45, 2.75) is 45.7 Å². The summed E-state index contributed by atoms with van der Waals surface area (Å²) in [6, 6.07) is 5.43. The number of hydrogen-bond acceptors (Lipinski definition) is 4. The molecule has 8 heteroatoms. The predicted molar refractivity (Wildman–Crippen MR) is 129 cm³/mol. The Morgan fingerprint density at radius 2 is 1.82 bits per heavy atom. The van der Waals surface area contributed by atoms with Gasteiger partial charge in [-0.1, -0.05) is 44.5 Å². The summed E-state index contributed by atoms with van der Waals surface area (Å²) in [6.45, 7) is 5.76. The van der Waals surface area contributed by atoms with Gasteiger partial charge in [-0.05, 0) is 48.9 Å². The van der Waals surface area contributed by atoms with Crippen molar-refractivity contribution in [3.05, 3.63) is 41.4 Å². The van der Waals surface area contributed by atoms with Crippen molar-refractivity contribution >= 4 is 35.0 Å². The highest BCUT2D eigenvalue weighted by Crippen LogP contribution is 2.46. The van der Waals surface area contributed by atoms with Gasteiger partial charge < -0.3 is 20.6 Å². The molecule has 1 saturated heterocycles. The van der Waals surface area contributed by atoms with Gasteiger partial charge in [0.05, 0.1) is 24.5 Å². The van der Waals surface area contributed by atoms with Gasteiger partial charge in [-0.3, -0.25) is 14.4 Å². The molecule has 0 spiro atoms. The van der Waals surface area contributed by atoms with Gasteiger partial charge in [0.1, 0.15) is 6.04 Å². The maximum atomic E-state index is 13.8. The third-order valence-electron chi connectivity index (χ3n) is 6.80. The van der Waals surface area contributed by atoms with E-state index >= 15 is 0 Å². The number of halogens is 1. The van der Waals surface area contributed by atoms with Crippen LogP contribution < -0.4 is 10.6 Å². The summed E-state index contributed by atoms with van der Waals surface area (Å²) in [6.07, 6.45) is 5.16. The van der Waals surface area contributed by atoms with Crippen LogP contribution in [0, 0.1) is 29.6 Å². The number of anilines is 1. The van der Waals surface area contributed by atoms with Crippen molar-refractivity contribution in [2.75, 3.05) is 19.0 Å². The fraction of sp³-hybridized carbons (Fsp3) is 0.560. The molecule has 0 bridgehead atoms. The number of aliphatic hydroxyl groups excluding tert-OH is 1. The second-order valence-corrected chi connectivity index (χ2v) is 9.79. The lowest BCUT2D eigenvalue weighted by molar-refractivity contribution is -0.143. The molecule has 6 atom stereocenters. The fourth-order valence-corrected chi connectivity index (χ4v) is 5.45. The first-order valence-electron chi connectivity index (χ1n) is 11.6. The molecule has 1 aromatic carbocycles. The van der Waals surface area contributed by atoms with Crippen LogP contribution in [-0.2, 0) is 14.4 Å². The van der Waals surface area contributed by atoms with Crippen LogP contribution in [0.4, 0.5) is 5.69 Å². The summed E-state index contributed by atoms with van der Waals surface area (Å²) in [5.74, 6) is -2.32. The number of hydrogen-bond donors (Lipinski definition) is 3. The number of nitrogens with one attached hydrogen (secondary N) is 2. The van der Waals surface area contributed by atoms with Gasteiger partial charge in [-0.15, -0.1) is 0 Å². The molecule has 1 aliphatic carbocycles. The lowest BCUT2D eigenvalue weighted by atomic mass is 9.69. The first-order valence-corrected chi connectivity index (χ1v) is 12.0. The number of likely N-dealkylation sites (tertiary alicyclic amines) is 1. The largest absolute Gasteiger partial charge is 0.394 e. The maximum absolute atomic E-state index is 13.8. The molecule has 2 aliphatic rings. The molecular formula is C25H34ClN3O4. The average molecular weight is 476 g/mol. The van der Waals surface area contributed by atoms with E-state index in [0.29, 0.717) is 23.6 Å². The van der Waals surface area contributed by atoms with Gasteiger partial charge >= 0.3 is 0 Å². The molecule has 7 nitrogen and oxygen atoms in total. The minimum Gasteiger partial charge on any atom is -0.394 e. The van der Waals surface area contributed by atoms with Gasteiger partial charge in [0.25, 0.3) is 0 Å². The smallest absolute Gasteiger partial charge is 0.247 e. The summed E-state index contributed by atoms with van der Waals surface area (Å²) >= 11 is 5.96. The Balaban J connectivity index is 2.03. The molecule has 1 fully saturated rings. The first-order chi connectivity index (χ1) is 15.7. The zero-order valence-electron chi connectivity index (χ0n) is 19.6. The second-order valence-electron chi connectivity index (χ2n) is 9.35. The minimum atomic E-state index is -0.824. The van der Waals surface area contributed by atoms with E-state index in [0.717, 1.165) is 0 Å². The molecule has 1 aliphatic heterocycles. The van der Waals surface area contributed by atoms with Gasteiger partial charge in [-0.2, -0.15) is 0 Å². The second kappa shape index (κ2) is 10.7. The molecule has 3 N–H and O–H groups in total. The Morgan fingerprint density at radius 1 is 1.15 bits per heavy atom. The molecule has 180 valence electrons. The van der Waals surface area contributed by atoms with Crippen LogP contribution in [0.3, 0.4) is 0 Å². The van der Waals surface area contributed by atoms with E-state index in [1.165, 1.54) is 0 Å². The lowest BCUT2D eigenvalue weighted by Crippen LogP contribution is -2.51. The van der Waals surface area contributed by atoms with Gasteiger partial charge in [0.2, 0.25) is 17.7 Å². The van der Waals surface area contributed by atoms with E-state index < -0.39 is 29.8 Å². The highest BCUT2D eigenvalue weighted by molar-refractivity contribution is 6.30. The number of carbonyl (C=O) groups excluding carboxylic acids is 3. The molecule has 0 radical (unpaired) electrons. The molecule has 1 aromatic rings. The topological polar surface area (TPSA) is 98.7 Å². The van der Waals surface area contributed by atoms with Crippen molar-refractivity contribution in [1.82, 2.24) is 10.2 Å². The van der Waals surface area contributed by atoms with Crippen LogP contribution in [0.5, 0.6) is 0 Å². The van der Waals surface area contributed by atoms with Crippen molar-refractivity contribution in [3.63, 3.8) is 0 Å². The number of benzene rings is 1. The van der Waals surface area contributed by atoms with Crippen LogP contribution in [0.1, 0.15) is 33.6 Å². The quantitative estimate of drug-likeness (QED) is 0.503. The van der Waals surface area contributed by atoms with Crippen LogP contribution in [0.25, 0.3) is 0 Å². The minimum absolute atomic E-state index is 0.0900. The standard InChI is InChI=1S/C25H34ClN3O4/c1-5-15-6-11-19-21(20(15)23(31)27-4)25(33)29(18(13-30)12-14(2)3)22(19)24(32)28-17-9-7-16(26)8-10-17/h6-11,14-15,18-22,30H,5,12-13H2,1-4H3,(H,27,31)(H,28,32)/t15-,18-,19+,20-,21+,22+/m1/s1. The van der Waals surface area contributed by atoms with Crippen molar-refractivity contribution in [3.8, 4) is 0 Å². The van der Waals surface area contributed by atoms with E-state index in [1.807, 2.05) is 32.9 Å². The summed E-state index contributed by atoms with van der Waals surface area (Å²) < 4.78 is 0. The molecule has 3 rings (SSSR count). The summed E-state index contributed by atoms with van der Waals surface area (Å²) in [5, 5.41) is 16.3. The maximum Gasteiger partial charge on any atom is 0.247 e. The van der Waals surface area contributed by atoms with Crippen LogP contribution in [-0.4, -0.2) is 53.5 Å². The molecule has 0 unspecified atom stereocenters. The number of nitrogens with zero attached hydrogens (tertiary/aromatic N) is 1. The van der Waals surface area contributed by atoms with Gasteiger partial charge in [0, 0.05) is 23.7 Å². The normalized spacial score (nSPS) is 27.4. The summed E-state index contributed by atoms with van der Waals surface area (Å²) in [4.78, 5) is 41.8. The number of carbonyl (C=O) groups is 3. The Morgan fingerprint density at radius 3 is 2.36 bits per heavy atom. The molecule has 33 heavy (non-hydrogen) atoms. The van der Waals surface area contributed by atoms with Crippen molar-refractivity contribution in [1.29, 1.82) is 0 Å². The molecule has 0 saturated carbocycles. The van der Waals surface area contributed by atoms with E-state index in [9.17, 15) is 19.5 Å². The third-order valence-corrected chi connectivity index (χ3v) is 7.05. The average Bonchev–Trinajstić information content (AvgIpc) is 3.10. The molecule has 1 heterocycles. The van der Waals surface area contributed by atoms with Gasteiger partial charge in [-0.25, -0.2) is 0 Å². The SMILES string of the molecule is CC[C@@H]1C=C[C@H]2[C@H](C(=O)N([C@@H](CO)CC(C)C)[C@@H]2C(=O)Nc2ccc(Cl)cc2)[C@@H]1C(=O)NC. The summed E-state index contributed by atoms with van der Waals surface area (Å²) in [5.41, 5.74) is 0.568. The molecule has 0 aromatic heterocycles. The Hall–Kier alpha value is -2.38. The monoisotopic (exact) mass is 475 g/mol. The third kappa shape index (κ3) is 5.09. The predicted octanol–water partition coefficient (Wildman–Crippen LogP) is 3.09. The van der Waals surface area contributed by atoms with Crippen LogP contribution in [0.15, 0.2) is 36.4 Å². The lowest BCUT2D eigenvalue weighted by Gasteiger charge is -2.34. The number of allylic oxidation sites excluding steroid dienone is 1. The Labute approximate surface area is 200 Å². The van der Waals surface area contributed by atoms with E-state index in [1.54, 1.807) is 36.2 Å². The Bertz CT molecular complexity index is 901. The van der Waals surface area contributed by atoms with Crippen molar-refractivity contribution in [2.24, 2.45) is 29.6 Å².